The van der Waals surface area contributed by atoms with Crippen LogP contribution in [0.2, 0.25) is 0 Å². The minimum Gasteiger partial charge on any atom is -0.390 e. The zero-order valence-corrected chi connectivity index (χ0v) is 7.07. The molecule has 3 saturated carbocycles. The van der Waals surface area contributed by atoms with Crippen LogP contribution in [0, 0.1) is 10.8 Å². The molecule has 1 nitrogen and oxygen atoms in total. The van der Waals surface area contributed by atoms with Crippen molar-refractivity contribution in [3.05, 3.63) is 0 Å². The Morgan fingerprint density at radius 2 is 1.60 bits per heavy atom. The molecule has 1 N–H and O–H groups in total. The predicted molar refractivity (Wildman–Crippen MR) is 40.7 cm³/mol. The van der Waals surface area contributed by atoms with Gasteiger partial charge in [0.1, 0.15) is 0 Å². The van der Waals surface area contributed by atoms with E-state index in [1.54, 1.807) is 0 Å². The summed E-state index contributed by atoms with van der Waals surface area (Å²) < 4.78 is 0. The zero-order valence-electron chi connectivity index (χ0n) is 7.07. The standard InChI is InChI=1S/C9H16O/c1-7(2,10)9-4-8(3,5-9)6-9/h10H,4-6H2,1-3H3. The van der Waals surface area contributed by atoms with E-state index >= 15 is 0 Å². The lowest BCUT2D eigenvalue weighted by Crippen LogP contribution is -2.68. The Morgan fingerprint density at radius 1 is 1.20 bits per heavy atom. The molecule has 0 radical (unpaired) electrons. The average molecular weight is 140 g/mol. The molecule has 0 unspecified atom stereocenters. The Kier molecular flexibility index (Phi) is 0.860. The van der Waals surface area contributed by atoms with Crippen molar-refractivity contribution in [2.45, 2.75) is 45.6 Å². The molecular formula is C9H16O. The summed E-state index contributed by atoms with van der Waals surface area (Å²) in [6.07, 6.45) is 3.76. The largest absolute Gasteiger partial charge is 0.390 e. The molecule has 1 heteroatoms. The average Bonchev–Trinajstić information content (AvgIpc) is 1.51. The first-order chi connectivity index (χ1) is 4.37. The van der Waals surface area contributed by atoms with Gasteiger partial charge >= 0.3 is 0 Å². The molecule has 10 heavy (non-hydrogen) atoms. The molecule has 0 aliphatic heterocycles. The van der Waals surface area contributed by atoms with Gasteiger partial charge < -0.3 is 5.11 Å². The fourth-order valence-corrected chi connectivity index (χ4v) is 2.94. The number of hydrogen-bond donors (Lipinski definition) is 1. The molecule has 0 aromatic heterocycles. The maximum absolute atomic E-state index is 9.75. The van der Waals surface area contributed by atoms with Crippen molar-refractivity contribution in [2.75, 3.05) is 0 Å². The quantitative estimate of drug-likeness (QED) is 0.590. The van der Waals surface area contributed by atoms with Gasteiger partial charge in [-0.25, -0.2) is 0 Å². The molecule has 3 rings (SSSR count). The van der Waals surface area contributed by atoms with Gasteiger partial charge in [0.25, 0.3) is 0 Å². The molecule has 0 heterocycles. The van der Waals surface area contributed by atoms with Crippen molar-refractivity contribution in [3.63, 3.8) is 0 Å². The van der Waals surface area contributed by atoms with E-state index in [0.29, 0.717) is 10.8 Å². The fourth-order valence-electron chi connectivity index (χ4n) is 2.94. The summed E-state index contributed by atoms with van der Waals surface area (Å²) in [6.45, 7) is 6.22. The second-order valence-electron chi connectivity index (χ2n) is 5.18. The van der Waals surface area contributed by atoms with Gasteiger partial charge in [-0.2, -0.15) is 0 Å². The van der Waals surface area contributed by atoms with Gasteiger partial charge in [-0.15, -0.1) is 0 Å². The minimum absolute atomic E-state index is 0.321. The van der Waals surface area contributed by atoms with Gasteiger partial charge in [0.2, 0.25) is 0 Å². The predicted octanol–water partition coefficient (Wildman–Crippen LogP) is 1.95. The highest BCUT2D eigenvalue weighted by molar-refractivity contribution is 5.20. The first kappa shape index (κ1) is 6.66. The van der Waals surface area contributed by atoms with Crippen LogP contribution < -0.4 is 0 Å². The molecular weight excluding hydrogens is 124 g/mol. The van der Waals surface area contributed by atoms with E-state index in [2.05, 4.69) is 6.92 Å². The van der Waals surface area contributed by atoms with Gasteiger partial charge in [0, 0.05) is 5.41 Å². The first-order valence-corrected chi connectivity index (χ1v) is 4.09. The highest BCUT2D eigenvalue weighted by Gasteiger charge is 2.70. The molecule has 3 aliphatic rings. The molecule has 0 saturated heterocycles. The maximum Gasteiger partial charge on any atom is 0.0648 e. The lowest BCUT2D eigenvalue weighted by molar-refractivity contribution is -0.278. The molecule has 0 aromatic carbocycles. The molecule has 2 bridgehead atoms. The molecule has 3 aliphatic carbocycles. The molecule has 58 valence electrons. The Labute approximate surface area is 62.4 Å². The summed E-state index contributed by atoms with van der Waals surface area (Å²) in [5.41, 5.74) is 0.520. The smallest absolute Gasteiger partial charge is 0.0648 e. The summed E-state index contributed by atoms with van der Waals surface area (Å²) >= 11 is 0. The lowest BCUT2D eigenvalue weighted by atomic mass is 9.32. The monoisotopic (exact) mass is 140 g/mol. The third-order valence-corrected chi connectivity index (χ3v) is 3.59. The van der Waals surface area contributed by atoms with Crippen molar-refractivity contribution in [1.82, 2.24) is 0 Å². The van der Waals surface area contributed by atoms with Crippen LogP contribution in [0.25, 0.3) is 0 Å². The van der Waals surface area contributed by atoms with Crippen LogP contribution >= 0.6 is 0 Å². The van der Waals surface area contributed by atoms with E-state index in [0.717, 1.165) is 0 Å². The first-order valence-electron chi connectivity index (χ1n) is 4.09. The highest BCUT2D eigenvalue weighted by Crippen LogP contribution is 2.76. The summed E-state index contributed by atoms with van der Waals surface area (Å²) in [6, 6.07) is 0. The Hall–Kier alpha value is -0.0400. The van der Waals surface area contributed by atoms with Crippen LogP contribution in [-0.2, 0) is 0 Å². The lowest BCUT2D eigenvalue weighted by Gasteiger charge is -2.74. The molecule has 0 spiro atoms. The SMILES string of the molecule is CC12CC(C(C)(C)O)(C1)C2. The zero-order chi connectivity index (χ0) is 7.62. The van der Waals surface area contributed by atoms with Gasteiger partial charge in [-0.1, -0.05) is 6.92 Å². The second-order valence-corrected chi connectivity index (χ2v) is 5.18. The maximum atomic E-state index is 9.75. The normalized spacial score (nSPS) is 51.6. The van der Waals surface area contributed by atoms with Gasteiger partial charge in [0.05, 0.1) is 5.60 Å². The van der Waals surface area contributed by atoms with Crippen molar-refractivity contribution < 1.29 is 5.11 Å². The number of rotatable bonds is 1. The Bertz CT molecular complexity index is 156. The number of hydrogen-bond acceptors (Lipinski definition) is 1. The minimum atomic E-state index is -0.426. The van der Waals surface area contributed by atoms with Gasteiger partial charge in [-0.05, 0) is 38.5 Å². The van der Waals surface area contributed by atoms with Gasteiger partial charge in [-0.3, -0.25) is 0 Å². The van der Waals surface area contributed by atoms with Crippen LogP contribution in [0.15, 0.2) is 0 Å². The summed E-state index contributed by atoms with van der Waals surface area (Å²) in [5.74, 6) is 0. The van der Waals surface area contributed by atoms with Crippen molar-refractivity contribution in [1.29, 1.82) is 0 Å². The van der Waals surface area contributed by atoms with Gasteiger partial charge in [0.15, 0.2) is 0 Å². The Balaban J connectivity index is 2.11. The van der Waals surface area contributed by atoms with Crippen LogP contribution in [0.5, 0.6) is 0 Å². The summed E-state index contributed by atoms with van der Waals surface area (Å²) in [4.78, 5) is 0. The molecule has 0 atom stereocenters. The van der Waals surface area contributed by atoms with E-state index in [1.807, 2.05) is 13.8 Å². The van der Waals surface area contributed by atoms with E-state index in [-0.39, 0.29) is 0 Å². The van der Waals surface area contributed by atoms with Crippen LogP contribution in [0.1, 0.15) is 40.0 Å². The second kappa shape index (κ2) is 1.29. The summed E-state index contributed by atoms with van der Waals surface area (Å²) in [7, 11) is 0. The highest BCUT2D eigenvalue weighted by atomic mass is 16.3. The molecule has 0 amide bonds. The van der Waals surface area contributed by atoms with E-state index in [9.17, 15) is 5.11 Å². The molecule has 0 aromatic rings. The van der Waals surface area contributed by atoms with Crippen molar-refractivity contribution in [2.24, 2.45) is 10.8 Å². The Morgan fingerprint density at radius 3 is 1.70 bits per heavy atom. The van der Waals surface area contributed by atoms with Crippen molar-refractivity contribution >= 4 is 0 Å². The summed E-state index contributed by atoms with van der Waals surface area (Å²) in [5, 5.41) is 9.75. The van der Waals surface area contributed by atoms with E-state index < -0.39 is 5.60 Å². The van der Waals surface area contributed by atoms with Crippen molar-refractivity contribution in [3.8, 4) is 0 Å². The van der Waals surface area contributed by atoms with Crippen LogP contribution in [-0.4, -0.2) is 10.7 Å². The van der Waals surface area contributed by atoms with Crippen LogP contribution in [0.4, 0.5) is 0 Å². The fraction of sp³-hybridized carbons (Fsp3) is 1.00. The van der Waals surface area contributed by atoms with E-state index in [4.69, 9.17) is 0 Å². The van der Waals surface area contributed by atoms with Crippen LogP contribution in [0.3, 0.4) is 0 Å². The number of aliphatic hydroxyl groups is 1. The molecule has 3 fully saturated rings. The topological polar surface area (TPSA) is 20.2 Å². The third kappa shape index (κ3) is 0.531. The van der Waals surface area contributed by atoms with E-state index in [1.165, 1.54) is 19.3 Å². The third-order valence-electron chi connectivity index (χ3n) is 3.59.